The summed E-state index contributed by atoms with van der Waals surface area (Å²) in [5.41, 5.74) is 0. The van der Waals surface area contributed by atoms with Crippen LogP contribution < -0.4 is 5.32 Å². The summed E-state index contributed by atoms with van der Waals surface area (Å²) in [6, 6.07) is 0.502. The van der Waals surface area contributed by atoms with E-state index in [4.69, 9.17) is 0 Å². The maximum Gasteiger partial charge on any atom is 0.240 e. The van der Waals surface area contributed by atoms with Gasteiger partial charge in [0.2, 0.25) is 5.91 Å². The number of carbonyl (C=O) groups excluding carboxylic acids is 1. The molecule has 0 radical (unpaired) electrons. The van der Waals surface area contributed by atoms with E-state index in [1.807, 2.05) is 16.7 Å². The van der Waals surface area contributed by atoms with Crippen LogP contribution in [0.4, 0.5) is 0 Å². The molecule has 0 aromatic rings. The Kier molecular flexibility index (Phi) is 3.02. The van der Waals surface area contributed by atoms with Crippen molar-refractivity contribution >= 4 is 17.7 Å². The normalized spacial score (nSPS) is 37.9. The number of amides is 1. The molecule has 2 saturated heterocycles. The SMILES string of the molecule is CC1CCN(C(=O)C2CSCN2)C1C. The van der Waals surface area contributed by atoms with Gasteiger partial charge >= 0.3 is 0 Å². The van der Waals surface area contributed by atoms with E-state index in [1.54, 1.807) is 0 Å². The van der Waals surface area contributed by atoms with E-state index in [-0.39, 0.29) is 6.04 Å². The van der Waals surface area contributed by atoms with Gasteiger partial charge in [0, 0.05) is 24.2 Å². The zero-order chi connectivity index (χ0) is 10.1. The van der Waals surface area contributed by atoms with E-state index < -0.39 is 0 Å². The molecule has 0 bridgehead atoms. The quantitative estimate of drug-likeness (QED) is 0.704. The highest BCUT2D eigenvalue weighted by molar-refractivity contribution is 7.99. The van der Waals surface area contributed by atoms with Gasteiger partial charge in [0.25, 0.3) is 0 Å². The molecule has 0 aliphatic carbocycles. The van der Waals surface area contributed by atoms with Crippen LogP contribution in [-0.4, -0.2) is 41.1 Å². The first kappa shape index (κ1) is 10.3. The van der Waals surface area contributed by atoms with Crippen LogP contribution in [0.5, 0.6) is 0 Å². The minimum atomic E-state index is 0.0766. The third-order valence-electron chi connectivity index (χ3n) is 3.44. The maximum absolute atomic E-state index is 12.1. The summed E-state index contributed by atoms with van der Waals surface area (Å²) in [7, 11) is 0. The molecule has 2 heterocycles. The van der Waals surface area contributed by atoms with Crippen molar-refractivity contribution in [1.82, 2.24) is 10.2 Å². The molecule has 0 aromatic heterocycles. The predicted octanol–water partition coefficient (Wildman–Crippen LogP) is 0.906. The third kappa shape index (κ3) is 1.77. The largest absolute Gasteiger partial charge is 0.338 e. The molecule has 1 amide bonds. The molecule has 0 saturated carbocycles. The summed E-state index contributed by atoms with van der Waals surface area (Å²) in [5, 5.41) is 3.24. The molecule has 3 nitrogen and oxygen atoms in total. The second kappa shape index (κ2) is 4.11. The number of likely N-dealkylation sites (tertiary alicyclic amines) is 1. The Morgan fingerprint density at radius 1 is 1.50 bits per heavy atom. The van der Waals surface area contributed by atoms with Crippen molar-refractivity contribution in [3.8, 4) is 0 Å². The van der Waals surface area contributed by atoms with Crippen LogP contribution in [0, 0.1) is 5.92 Å². The summed E-state index contributed by atoms with van der Waals surface area (Å²) in [5.74, 6) is 2.84. The average Bonchev–Trinajstić information content (AvgIpc) is 2.77. The molecule has 2 aliphatic heterocycles. The highest BCUT2D eigenvalue weighted by atomic mass is 32.2. The molecule has 0 aromatic carbocycles. The van der Waals surface area contributed by atoms with Crippen molar-refractivity contribution in [2.24, 2.45) is 5.92 Å². The third-order valence-corrected chi connectivity index (χ3v) is 4.38. The number of rotatable bonds is 1. The van der Waals surface area contributed by atoms with Crippen molar-refractivity contribution in [3.63, 3.8) is 0 Å². The first-order valence-electron chi connectivity index (χ1n) is 5.31. The zero-order valence-electron chi connectivity index (χ0n) is 8.82. The molecular formula is C10H18N2OS. The van der Waals surface area contributed by atoms with Gasteiger partial charge in [-0.15, -0.1) is 11.8 Å². The average molecular weight is 214 g/mol. The monoisotopic (exact) mass is 214 g/mol. The van der Waals surface area contributed by atoms with E-state index in [0.717, 1.165) is 24.6 Å². The lowest BCUT2D eigenvalue weighted by molar-refractivity contribution is -0.133. The van der Waals surface area contributed by atoms with E-state index in [1.165, 1.54) is 0 Å². The van der Waals surface area contributed by atoms with E-state index in [2.05, 4.69) is 19.2 Å². The van der Waals surface area contributed by atoms with Crippen molar-refractivity contribution < 1.29 is 4.79 Å². The lowest BCUT2D eigenvalue weighted by Crippen LogP contribution is -2.46. The van der Waals surface area contributed by atoms with Crippen LogP contribution in [0.15, 0.2) is 0 Å². The van der Waals surface area contributed by atoms with Gasteiger partial charge < -0.3 is 4.90 Å². The number of hydrogen-bond acceptors (Lipinski definition) is 3. The van der Waals surface area contributed by atoms with Crippen LogP contribution in [-0.2, 0) is 4.79 Å². The van der Waals surface area contributed by atoms with Crippen LogP contribution in [0.25, 0.3) is 0 Å². The highest BCUT2D eigenvalue weighted by Crippen LogP contribution is 2.25. The smallest absolute Gasteiger partial charge is 0.240 e. The van der Waals surface area contributed by atoms with Crippen molar-refractivity contribution in [1.29, 1.82) is 0 Å². The molecule has 1 N–H and O–H groups in total. The van der Waals surface area contributed by atoms with Crippen LogP contribution in [0.1, 0.15) is 20.3 Å². The van der Waals surface area contributed by atoms with Gasteiger partial charge in [-0.25, -0.2) is 0 Å². The molecule has 3 unspecified atom stereocenters. The summed E-state index contributed by atoms with van der Waals surface area (Å²) in [6.07, 6.45) is 1.16. The minimum absolute atomic E-state index is 0.0766. The fraction of sp³-hybridized carbons (Fsp3) is 0.900. The van der Waals surface area contributed by atoms with E-state index >= 15 is 0 Å². The fourth-order valence-electron chi connectivity index (χ4n) is 2.16. The zero-order valence-corrected chi connectivity index (χ0v) is 9.64. The molecule has 2 aliphatic rings. The Morgan fingerprint density at radius 3 is 2.79 bits per heavy atom. The van der Waals surface area contributed by atoms with Crippen molar-refractivity contribution in [3.05, 3.63) is 0 Å². The summed E-state index contributed by atoms with van der Waals surface area (Å²) >= 11 is 1.81. The Hall–Kier alpha value is -0.220. The van der Waals surface area contributed by atoms with Gasteiger partial charge in [-0.2, -0.15) is 0 Å². The van der Waals surface area contributed by atoms with E-state index in [9.17, 15) is 4.79 Å². The lowest BCUT2D eigenvalue weighted by atomic mass is 10.1. The van der Waals surface area contributed by atoms with Gasteiger partial charge in [-0.3, -0.25) is 10.1 Å². The molecule has 3 atom stereocenters. The predicted molar refractivity (Wildman–Crippen MR) is 59.2 cm³/mol. The standard InChI is InChI=1S/C10H18N2OS/c1-7-3-4-12(8(7)2)10(13)9-5-14-6-11-9/h7-9,11H,3-6H2,1-2H3. The Morgan fingerprint density at radius 2 is 2.29 bits per heavy atom. The maximum atomic E-state index is 12.1. The van der Waals surface area contributed by atoms with E-state index in [0.29, 0.717) is 17.9 Å². The highest BCUT2D eigenvalue weighted by Gasteiger charge is 2.35. The molecule has 2 rings (SSSR count). The van der Waals surface area contributed by atoms with Gasteiger partial charge in [-0.05, 0) is 19.3 Å². The Bertz CT molecular complexity index is 228. The number of nitrogens with zero attached hydrogens (tertiary/aromatic N) is 1. The fourth-order valence-corrected chi connectivity index (χ4v) is 3.09. The minimum Gasteiger partial charge on any atom is -0.338 e. The van der Waals surface area contributed by atoms with Gasteiger partial charge in [0.15, 0.2) is 0 Å². The molecular weight excluding hydrogens is 196 g/mol. The molecule has 4 heteroatoms. The van der Waals surface area contributed by atoms with Crippen LogP contribution in [0.3, 0.4) is 0 Å². The summed E-state index contributed by atoms with van der Waals surface area (Å²) in [6.45, 7) is 5.34. The molecule has 2 fully saturated rings. The van der Waals surface area contributed by atoms with Crippen LogP contribution >= 0.6 is 11.8 Å². The number of hydrogen-bond donors (Lipinski definition) is 1. The van der Waals surface area contributed by atoms with Crippen molar-refractivity contribution in [2.45, 2.75) is 32.4 Å². The topological polar surface area (TPSA) is 32.3 Å². The lowest BCUT2D eigenvalue weighted by Gasteiger charge is -2.26. The summed E-state index contributed by atoms with van der Waals surface area (Å²) in [4.78, 5) is 14.1. The molecule has 14 heavy (non-hydrogen) atoms. The van der Waals surface area contributed by atoms with Gasteiger partial charge in [0.05, 0.1) is 6.04 Å². The summed E-state index contributed by atoms with van der Waals surface area (Å²) < 4.78 is 0. The Labute approximate surface area is 89.6 Å². The number of nitrogens with one attached hydrogen (secondary N) is 1. The van der Waals surface area contributed by atoms with Gasteiger partial charge in [-0.1, -0.05) is 6.92 Å². The molecule has 80 valence electrons. The second-order valence-corrected chi connectivity index (χ2v) is 5.34. The first-order chi connectivity index (χ1) is 6.70. The second-order valence-electron chi connectivity index (χ2n) is 4.31. The van der Waals surface area contributed by atoms with Crippen LogP contribution in [0.2, 0.25) is 0 Å². The van der Waals surface area contributed by atoms with Crippen molar-refractivity contribution in [2.75, 3.05) is 18.2 Å². The Balaban J connectivity index is 1.97. The van der Waals surface area contributed by atoms with Gasteiger partial charge in [0.1, 0.15) is 0 Å². The first-order valence-corrected chi connectivity index (χ1v) is 6.47. The number of carbonyl (C=O) groups is 1. The molecule has 0 spiro atoms. The number of thioether (sulfide) groups is 1.